The van der Waals surface area contributed by atoms with Crippen molar-refractivity contribution < 1.29 is 29.0 Å². The van der Waals surface area contributed by atoms with Gasteiger partial charge in [0.05, 0.1) is 26.2 Å². The first-order chi connectivity index (χ1) is 17.1. The lowest BCUT2D eigenvalue weighted by atomic mass is 9.90. The molecule has 0 spiro atoms. The molecule has 3 atom stereocenters. The van der Waals surface area contributed by atoms with Crippen LogP contribution in [0, 0.1) is 11.8 Å². The summed E-state index contributed by atoms with van der Waals surface area (Å²) in [5.74, 6) is -0.643. The van der Waals surface area contributed by atoms with E-state index in [1.54, 1.807) is 37.0 Å². The molecule has 200 valence electrons. The van der Waals surface area contributed by atoms with Crippen LogP contribution in [-0.2, 0) is 16.1 Å². The molecular formula is C27H41N3O6. The van der Waals surface area contributed by atoms with Crippen molar-refractivity contribution in [3.63, 3.8) is 0 Å². The number of hydrogen-bond acceptors (Lipinski definition) is 5. The van der Waals surface area contributed by atoms with E-state index in [-0.39, 0.29) is 37.0 Å². The van der Waals surface area contributed by atoms with Crippen LogP contribution in [0.15, 0.2) is 18.2 Å². The van der Waals surface area contributed by atoms with Crippen LogP contribution < -0.4 is 14.8 Å². The molecule has 0 aromatic heterocycles. The third-order valence-electron chi connectivity index (χ3n) is 7.31. The molecule has 2 fully saturated rings. The Labute approximate surface area is 214 Å². The standard InChI is InChI=1S/C27H41N3O6/c1-17(2)11-23-25(31)29(15-19-12-21(35-4)14-22(13-19)36-5)16-24(18(3)26(32)33)30(23)27(34)28-20-9-7-6-8-10-20/h12-14,17-18,20,23-24H,6-11,15-16H2,1-5H3,(H,28,34)(H,32,33). The molecule has 9 nitrogen and oxygen atoms in total. The highest BCUT2D eigenvalue weighted by atomic mass is 16.5. The number of carbonyl (C=O) groups excluding carboxylic acids is 2. The lowest BCUT2D eigenvalue weighted by Gasteiger charge is -2.48. The number of rotatable bonds is 9. The Bertz CT molecular complexity index is 908. The van der Waals surface area contributed by atoms with Crippen molar-refractivity contribution >= 4 is 17.9 Å². The summed E-state index contributed by atoms with van der Waals surface area (Å²) in [6.07, 6.45) is 5.56. The number of benzene rings is 1. The molecule has 2 N–H and O–H groups in total. The molecule has 0 radical (unpaired) electrons. The Morgan fingerprint density at radius 3 is 2.19 bits per heavy atom. The number of methoxy groups -OCH3 is 2. The normalized spacial score (nSPS) is 21.9. The molecule has 1 aromatic carbocycles. The van der Waals surface area contributed by atoms with E-state index in [4.69, 9.17) is 9.47 Å². The Morgan fingerprint density at radius 1 is 1.06 bits per heavy atom. The Morgan fingerprint density at radius 2 is 1.67 bits per heavy atom. The molecule has 2 aliphatic rings. The minimum absolute atomic E-state index is 0.0594. The van der Waals surface area contributed by atoms with Crippen LogP contribution in [0.25, 0.3) is 0 Å². The zero-order valence-electron chi connectivity index (χ0n) is 22.2. The quantitative estimate of drug-likeness (QED) is 0.529. The molecule has 0 bridgehead atoms. The van der Waals surface area contributed by atoms with Gasteiger partial charge in [-0.2, -0.15) is 0 Å². The van der Waals surface area contributed by atoms with E-state index in [9.17, 15) is 19.5 Å². The lowest BCUT2D eigenvalue weighted by Crippen LogP contribution is -2.67. The van der Waals surface area contributed by atoms with Crippen LogP contribution in [0.2, 0.25) is 0 Å². The number of ether oxygens (including phenoxy) is 2. The van der Waals surface area contributed by atoms with Gasteiger partial charge in [-0.25, -0.2) is 4.79 Å². The molecule has 1 aromatic rings. The van der Waals surface area contributed by atoms with Gasteiger partial charge in [0.2, 0.25) is 5.91 Å². The summed E-state index contributed by atoms with van der Waals surface area (Å²) >= 11 is 0. The summed E-state index contributed by atoms with van der Waals surface area (Å²) in [6.45, 7) is 6.03. The Balaban J connectivity index is 1.94. The lowest BCUT2D eigenvalue weighted by molar-refractivity contribution is -0.153. The average Bonchev–Trinajstić information content (AvgIpc) is 2.85. The van der Waals surface area contributed by atoms with E-state index >= 15 is 0 Å². The molecule has 36 heavy (non-hydrogen) atoms. The zero-order chi connectivity index (χ0) is 26.4. The van der Waals surface area contributed by atoms with Crippen molar-refractivity contribution in [3.8, 4) is 11.5 Å². The van der Waals surface area contributed by atoms with Crippen LogP contribution in [-0.4, -0.2) is 71.7 Å². The van der Waals surface area contributed by atoms with Gasteiger partial charge in [0, 0.05) is 25.2 Å². The van der Waals surface area contributed by atoms with Gasteiger partial charge in [0.25, 0.3) is 0 Å². The molecule has 3 rings (SSSR count). The minimum Gasteiger partial charge on any atom is -0.497 e. The number of hydrogen-bond donors (Lipinski definition) is 2. The third kappa shape index (κ3) is 6.62. The highest BCUT2D eigenvalue weighted by Gasteiger charge is 2.47. The number of nitrogens with zero attached hydrogens (tertiary/aromatic N) is 2. The van der Waals surface area contributed by atoms with E-state index in [1.165, 1.54) is 0 Å². The van der Waals surface area contributed by atoms with Crippen molar-refractivity contribution in [1.29, 1.82) is 0 Å². The summed E-state index contributed by atoms with van der Waals surface area (Å²) in [6, 6.07) is 3.78. The summed E-state index contributed by atoms with van der Waals surface area (Å²) < 4.78 is 10.8. The predicted octanol–water partition coefficient (Wildman–Crippen LogP) is 3.89. The van der Waals surface area contributed by atoms with Gasteiger partial charge in [-0.15, -0.1) is 0 Å². The maximum Gasteiger partial charge on any atom is 0.318 e. The largest absolute Gasteiger partial charge is 0.497 e. The van der Waals surface area contributed by atoms with E-state index in [2.05, 4.69) is 5.32 Å². The second-order valence-electron chi connectivity index (χ2n) is 10.5. The molecule has 9 heteroatoms. The number of carboxylic acids is 1. The fourth-order valence-electron chi connectivity index (χ4n) is 5.30. The Kier molecular flexibility index (Phi) is 9.45. The highest BCUT2D eigenvalue weighted by molar-refractivity contribution is 5.89. The van der Waals surface area contributed by atoms with E-state index in [0.29, 0.717) is 17.9 Å². The summed E-state index contributed by atoms with van der Waals surface area (Å²) in [7, 11) is 3.13. The monoisotopic (exact) mass is 503 g/mol. The third-order valence-corrected chi connectivity index (χ3v) is 7.31. The SMILES string of the molecule is COc1cc(CN2CC(C(C)C(=O)O)N(C(=O)NC3CCCCC3)C(CC(C)C)C2=O)cc(OC)c1. The number of piperazine rings is 1. The van der Waals surface area contributed by atoms with E-state index < -0.39 is 24.0 Å². The van der Waals surface area contributed by atoms with Crippen molar-refractivity contribution in [3.05, 3.63) is 23.8 Å². The first-order valence-corrected chi connectivity index (χ1v) is 13.0. The molecular weight excluding hydrogens is 462 g/mol. The number of nitrogens with one attached hydrogen (secondary N) is 1. The van der Waals surface area contributed by atoms with Crippen molar-refractivity contribution in [2.24, 2.45) is 11.8 Å². The van der Waals surface area contributed by atoms with Crippen LogP contribution in [0.5, 0.6) is 11.5 Å². The Hall–Kier alpha value is -2.97. The van der Waals surface area contributed by atoms with Gasteiger partial charge >= 0.3 is 12.0 Å². The van der Waals surface area contributed by atoms with Gasteiger partial charge in [-0.3, -0.25) is 9.59 Å². The minimum atomic E-state index is -0.990. The van der Waals surface area contributed by atoms with Crippen molar-refractivity contribution in [2.75, 3.05) is 20.8 Å². The number of urea groups is 1. The van der Waals surface area contributed by atoms with Gasteiger partial charge in [0.1, 0.15) is 17.5 Å². The average molecular weight is 504 g/mol. The second-order valence-corrected chi connectivity index (χ2v) is 10.5. The maximum absolute atomic E-state index is 13.8. The van der Waals surface area contributed by atoms with Crippen molar-refractivity contribution in [2.45, 2.75) is 84.0 Å². The molecule has 3 unspecified atom stereocenters. The van der Waals surface area contributed by atoms with Crippen LogP contribution in [0.1, 0.15) is 64.9 Å². The summed E-state index contributed by atoms with van der Waals surface area (Å²) in [5.41, 5.74) is 0.810. The molecule has 1 saturated carbocycles. The van der Waals surface area contributed by atoms with Gasteiger partial charge < -0.3 is 29.7 Å². The number of aliphatic carboxylic acids is 1. The zero-order valence-corrected chi connectivity index (χ0v) is 22.2. The topological polar surface area (TPSA) is 108 Å². The summed E-state index contributed by atoms with van der Waals surface area (Å²) in [5, 5.41) is 13.0. The van der Waals surface area contributed by atoms with E-state index in [0.717, 1.165) is 37.7 Å². The molecule has 3 amide bonds. The predicted molar refractivity (Wildman–Crippen MR) is 136 cm³/mol. The van der Waals surface area contributed by atoms with Crippen LogP contribution >= 0.6 is 0 Å². The van der Waals surface area contributed by atoms with Gasteiger partial charge in [-0.05, 0) is 49.8 Å². The van der Waals surface area contributed by atoms with Gasteiger partial charge in [0.15, 0.2) is 0 Å². The molecule has 1 saturated heterocycles. The molecule has 1 aliphatic heterocycles. The first kappa shape index (κ1) is 27.6. The van der Waals surface area contributed by atoms with Gasteiger partial charge in [-0.1, -0.05) is 33.1 Å². The maximum atomic E-state index is 13.8. The second kappa shape index (κ2) is 12.3. The number of amides is 3. The van der Waals surface area contributed by atoms with E-state index in [1.807, 2.05) is 26.0 Å². The summed E-state index contributed by atoms with van der Waals surface area (Å²) in [4.78, 5) is 42.7. The van der Waals surface area contributed by atoms with Crippen LogP contribution in [0.3, 0.4) is 0 Å². The molecule has 1 heterocycles. The fraction of sp³-hybridized carbons (Fsp3) is 0.667. The van der Waals surface area contributed by atoms with Crippen molar-refractivity contribution in [1.82, 2.24) is 15.1 Å². The first-order valence-electron chi connectivity index (χ1n) is 13.0. The number of carboxylic acid groups (broad SMARTS) is 1. The smallest absolute Gasteiger partial charge is 0.318 e. The fourth-order valence-corrected chi connectivity index (χ4v) is 5.30. The van der Waals surface area contributed by atoms with Crippen LogP contribution in [0.4, 0.5) is 4.79 Å². The molecule has 1 aliphatic carbocycles. The number of carbonyl (C=O) groups is 3. The highest BCUT2D eigenvalue weighted by Crippen LogP contribution is 2.30.